The third-order valence-electron chi connectivity index (χ3n) is 3.05. The highest BCUT2D eigenvalue weighted by molar-refractivity contribution is 7.89. The average Bonchev–Trinajstić information content (AvgIpc) is 2.46. The van der Waals surface area contributed by atoms with Crippen molar-refractivity contribution >= 4 is 10.0 Å². The van der Waals surface area contributed by atoms with E-state index < -0.39 is 15.8 Å². The van der Waals surface area contributed by atoms with Gasteiger partial charge < -0.3 is 10.1 Å². The van der Waals surface area contributed by atoms with E-state index in [1.165, 1.54) is 26.3 Å². The Kier molecular flexibility index (Phi) is 7.24. The fraction of sp³-hybridized carbons (Fsp3) is 0.571. The monoisotopic (exact) mass is 318 g/mol. The third-order valence-corrected chi connectivity index (χ3v) is 4.92. The summed E-state index contributed by atoms with van der Waals surface area (Å²) in [5.41, 5.74) is 0.739. The number of likely N-dealkylation sites (N-methyl/N-ethyl adjacent to an activating group) is 1. The van der Waals surface area contributed by atoms with Gasteiger partial charge in [-0.2, -0.15) is 4.31 Å². The van der Waals surface area contributed by atoms with Crippen LogP contribution < -0.4 is 5.32 Å². The predicted octanol–water partition coefficient (Wildman–Crippen LogP) is 1.59. The summed E-state index contributed by atoms with van der Waals surface area (Å²) in [6, 6.07) is 4.17. The Labute approximate surface area is 126 Å². The Morgan fingerprint density at radius 2 is 2.10 bits per heavy atom. The summed E-state index contributed by atoms with van der Waals surface area (Å²) in [5.74, 6) is -0.737. The second kappa shape index (κ2) is 8.43. The molecule has 1 aromatic rings. The van der Waals surface area contributed by atoms with Crippen LogP contribution in [0.25, 0.3) is 0 Å². The molecule has 0 aliphatic carbocycles. The molecule has 0 spiro atoms. The van der Waals surface area contributed by atoms with E-state index >= 15 is 0 Å². The van der Waals surface area contributed by atoms with Crippen molar-refractivity contribution in [1.82, 2.24) is 9.62 Å². The maximum atomic E-state index is 13.9. The molecular weight excluding hydrogens is 295 g/mol. The highest BCUT2D eigenvalue weighted by atomic mass is 32.2. The zero-order chi connectivity index (χ0) is 15.9. The highest BCUT2D eigenvalue weighted by Gasteiger charge is 2.24. The normalized spacial score (nSPS) is 12.0. The van der Waals surface area contributed by atoms with Crippen LogP contribution in [-0.2, 0) is 21.3 Å². The summed E-state index contributed by atoms with van der Waals surface area (Å²) in [7, 11) is -0.945. The van der Waals surface area contributed by atoms with Crippen molar-refractivity contribution in [3.05, 3.63) is 29.6 Å². The first-order valence-electron chi connectivity index (χ1n) is 6.88. The SMILES string of the molecule is CCCNCc1ccc(F)c(S(=O)(=O)N(C)CCOC)c1. The highest BCUT2D eigenvalue weighted by Crippen LogP contribution is 2.20. The lowest BCUT2D eigenvalue weighted by molar-refractivity contribution is 0.185. The summed E-state index contributed by atoms with van der Waals surface area (Å²) in [6.07, 6.45) is 0.978. The van der Waals surface area contributed by atoms with Crippen LogP contribution in [0.3, 0.4) is 0 Å². The molecule has 5 nitrogen and oxygen atoms in total. The third kappa shape index (κ3) is 5.03. The van der Waals surface area contributed by atoms with Gasteiger partial charge in [-0.05, 0) is 30.7 Å². The van der Waals surface area contributed by atoms with Crippen molar-refractivity contribution in [2.45, 2.75) is 24.8 Å². The van der Waals surface area contributed by atoms with Gasteiger partial charge in [0, 0.05) is 27.2 Å². The van der Waals surface area contributed by atoms with Crippen molar-refractivity contribution in [2.24, 2.45) is 0 Å². The Balaban J connectivity index is 2.96. The molecule has 1 N–H and O–H groups in total. The minimum atomic E-state index is -3.84. The number of ether oxygens (including phenoxy) is 1. The molecule has 0 unspecified atom stereocenters. The van der Waals surface area contributed by atoms with Crippen LogP contribution in [0, 0.1) is 5.82 Å². The quantitative estimate of drug-likeness (QED) is 0.703. The molecular formula is C14H23FN2O3S. The molecule has 0 saturated heterocycles. The van der Waals surface area contributed by atoms with Crippen molar-refractivity contribution in [3.8, 4) is 0 Å². The lowest BCUT2D eigenvalue weighted by Crippen LogP contribution is -2.30. The lowest BCUT2D eigenvalue weighted by atomic mass is 10.2. The molecule has 0 atom stereocenters. The number of rotatable bonds is 9. The molecule has 1 rings (SSSR count). The standard InChI is InChI=1S/C14H23FN2O3S/c1-4-7-16-11-12-5-6-13(15)14(10-12)21(18,19)17(2)8-9-20-3/h5-6,10,16H,4,7-9,11H2,1-3H3. The molecule has 0 aliphatic heterocycles. The van der Waals surface area contributed by atoms with E-state index in [0.29, 0.717) is 6.54 Å². The maximum absolute atomic E-state index is 13.9. The maximum Gasteiger partial charge on any atom is 0.245 e. The summed E-state index contributed by atoms with van der Waals surface area (Å²) < 4.78 is 44.5. The van der Waals surface area contributed by atoms with Gasteiger partial charge in [-0.25, -0.2) is 12.8 Å². The van der Waals surface area contributed by atoms with Gasteiger partial charge in [0.2, 0.25) is 10.0 Å². The lowest BCUT2D eigenvalue weighted by Gasteiger charge is -2.17. The smallest absolute Gasteiger partial charge is 0.245 e. The molecule has 0 aliphatic rings. The van der Waals surface area contributed by atoms with E-state index in [1.807, 2.05) is 6.92 Å². The van der Waals surface area contributed by atoms with E-state index in [2.05, 4.69) is 5.32 Å². The van der Waals surface area contributed by atoms with Crippen LogP contribution in [0.4, 0.5) is 4.39 Å². The molecule has 0 amide bonds. The number of hydrogen-bond donors (Lipinski definition) is 1. The number of sulfonamides is 1. The van der Waals surface area contributed by atoms with Crippen LogP contribution in [0.15, 0.2) is 23.1 Å². The number of methoxy groups -OCH3 is 1. The van der Waals surface area contributed by atoms with Crippen LogP contribution in [0.5, 0.6) is 0 Å². The van der Waals surface area contributed by atoms with Gasteiger partial charge >= 0.3 is 0 Å². The van der Waals surface area contributed by atoms with Gasteiger partial charge in [0.05, 0.1) is 6.61 Å². The molecule has 120 valence electrons. The molecule has 0 aromatic heterocycles. The summed E-state index contributed by atoms with van der Waals surface area (Å²) in [6.45, 7) is 3.82. The topological polar surface area (TPSA) is 58.6 Å². The molecule has 0 saturated carbocycles. The van der Waals surface area contributed by atoms with Gasteiger partial charge in [0.25, 0.3) is 0 Å². The first kappa shape index (κ1) is 18.0. The number of nitrogens with one attached hydrogen (secondary N) is 1. The molecule has 7 heteroatoms. The number of halogens is 1. The van der Waals surface area contributed by atoms with Gasteiger partial charge in [0.1, 0.15) is 10.7 Å². The van der Waals surface area contributed by atoms with Crippen LogP contribution >= 0.6 is 0 Å². The van der Waals surface area contributed by atoms with Gasteiger partial charge in [-0.1, -0.05) is 13.0 Å². The second-order valence-corrected chi connectivity index (χ2v) is 6.77. The largest absolute Gasteiger partial charge is 0.383 e. The first-order chi connectivity index (χ1) is 9.93. The Morgan fingerprint density at radius 3 is 2.71 bits per heavy atom. The van der Waals surface area contributed by atoms with Crippen molar-refractivity contribution < 1.29 is 17.5 Å². The van der Waals surface area contributed by atoms with Crippen LogP contribution in [0.2, 0.25) is 0 Å². The van der Waals surface area contributed by atoms with Gasteiger partial charge in [0.15, 0.2) is 0 Å². The molecule has 0 fully saturated rings. The molecule has 1 aromatic carbocycles. The zero-order valence-electron chi connectivity index (χ0n) is 12.7. The summed E-state index contributed by atoms with van der Waals surface area (Å²) in [4.78, 5) is -0.295. The van der Waals surface area contributed by atoms with Crippen LogP contribution in [0.1, 0.15) is 18.9 Å². The summed E-state index contributed by atoms with van der Waals surface area (Å²) in [5, 5.41) is 3.16. The van der Waals surface area contributed by atoms with E-state index in [-0.39, 0.29) is 18.0 Å². The fourth-order valence-corrected chi connectivity index (χ4v) is 3.04. The first-order valence-corrected chi connectivity index (χ1v) is 8.32. The van der Waals surface area contributed by atoms with Crippen molar-refractivity contribution in [1.29, 1.82) is 0 Å². The van der Waals surface area contributed by atoms with Gasteiger partial charge in [-0.15, -0.1) is 0 Å². The van der Waals surface area contributed by atoms with Gasteiger partial charge in [-0.3, -0.25) is 0 Å². The number of hydrogen-bond acceptors (Lipinski definition) is 4. The van der Waals surface area contributed by atoms with E-state index in [1.54, 1.807) is 6.07 Å². The minimum absolute atomic E-state index is 0.177. The zero-order valence-corrected chi connectivity index (χ0v) is 13.5. The minimum Gasteiger partial charge on any atom is -0.383 e. The fourth-order valence-electron chi connectivity index (χ4n) is 1.77. The van der Waals surface area contributed by atoms with E-state index in [0.717, 1.165) is 22.8 Å². The van der Waals surface area contributed by atoms with Crippen molar-refractivity contribution in [2.75, 3.05) is 33.9 Å². The average molecular weight is 318 g/mol. The van der Waals surface area contributed by atoms with Crippen LogP contribution in [-0.4, -0.2) is 46.6 Å². The Morgan fingerprint density at radius 1 is 1.38 bits per heavy atom. The molecule has 21 heavy (non-hydrogen) atoms. The second-order valence-electron chi connectivity index (χ2n) is 4.76. The Bertz CT molecular complexity index is 549. The summed E-state index contributed by atoms with van der Waals surface area (Å²) >= 11 is 0. The predicted molar refractivity (Wildman–Crippen MR) is 80.1 cm³/mol. The van der Waals surface area contributed by atoms with Crippen molar-refractivity contribution in [3.63, 3.8) is 0 Å². The molecule has 0 heterocycles. The molecule has 0 radical (unpaired) electrons. The Hall–Kier alpha value is -1.02. The van der Waals surface area contributed by atoms with E-state index in [9.17, 15) is 12.8 Å². The number of benzene rings is 1. The van der Waals surface area contributed by atoms with E-state index in [4.69, 9.17) is 4.74 Å². The molecule has 0 bridgehead atoms. The number of nitrogens with zero attached hydrogens (tertiary/aromatic N) is 1.